The summed E-state index contributed by atoms with van der Waals surface area (Å²) < 4.78 is 6.80. The van der Waals surface area contributed by atoms with Crippen LogP contribution in [0.1, 0.15) is 17.4 Å². The number of carbonyl (C=O) groups excluding carboxylic acids is 1. The van der Waals surface area contributed by atoms with Gasteiger partial charge in [-0.15, -0.1) is 0 Å². The SMILES string of the molecule is CCOC(=O)c1c(-c2ccccc2)c2cc(Cl)c(Cl)c(=O)c-2cn1C. The van der Waals surface area contributed by atoms with Gasteiger partial charge < -0.3 is 9.30 Å². The number of rotatable bonds is 3. The molecule has 1 aliphatic heterocycles. The highest BCUT2D eigenvalue weighted by Gasteiger charge is 2.26. The molecule has 6 heteroatoms. The summed E-state index contributed by atoms with van der Waals surface area (Å²) in [5.74, 6) is -0.468. The molecular weight excluding hydrogens is 361 g/mol. The molecule has 0 N–H and O–H groups in total. The smallest absolute Gasteiger partial charge is 0.355 e. The van der Waals surface area contributed by atoms with E-state index in [1.54, 1.807) is 30.8 Å². The van der Waals surface area contributed by atoms with E-state index in [0.29, 0.717) is 22.4 Å². The molecule has 2 aliphatic rings. The molecule has 0 unspecified atom stereocenters. The summed E-state index contributed by atoms with van der Waals surface area (Å²) in [5.41, 5.74) is 2.31. The van der Waals surface area contributed by atoms with Crippen LogP contribution in [0.4, 0.5) is 0 Å². The molecule has 0 saturated carbocycles. The van der Waals surface area contributed by atoms with Crippen molar-refractivity contribution in [3.63, 3.8) is 0 Å². The van der Waals surface area contributed by atoms with Crippen molar-refractivity contribution in [1.82, 2.24) is 4.57 Å². The van der Waals surface area contributed by atoms with Crippen LogP contribution in [-0.4, -0.2) is 17.1 Å². The first-order chi connectivity index (χ1) is 12.0. The lowest BCUT2D eigenvalue weighted by Crippen LogP contribution is -2.19. The van der Waals surface area contributed by atoms with Crippen molar-refractivity contribution in [2.75, 3.05) is 6.61 Å². The molecule has 0 atom stereocenters. The van der Waals surface area contributed by atoms with E-state index in [1.807, 2.05) is 30.3 Å². The van der Waals surface area contributed by atoms with Crippen molar-refractivity contribution < 1.29 is 9.53 Å². The summed E-state index contributed by atoms with van der Waals surface area (Å²) in [5, 5.41) is 0.122. The number of pyridine rings is 1. The topological polar surface area (TPSA) is 48.3 Å². The zero-order valence-corrected chi connectivity index (χ0v) is 15.2. The molecule has 0 amide bonds. The van der Waals surface area contributed by atoms with Gasteiger partial charge >= 0.3 is 5.97 Å². The average Bonchev–Trinajstić information content (AvgIpc) is 2.60. The van der Waals surface area contributed by atoms with Gasteiger partial charge in [-0.2, -0.15) is 0 Å². The van der Waals surface area contributed by atoms with Gasteiger partial charge in [-0.3, -0.25) is 4.79 Å². The molecule has 0 spiro atoms. The normalized spacial score (nSPS) is 10.9. The van der Waals surface area contributed by atoms with Crippen molar-refractivity contribution in [3.8, 4) is 22.3 Å². The number of halogens is 2. The predicted octanol–water partition coefficient (Wildman–Crippen LogP) is 4.64. The van der Waals surface area contributed by atoms with Crippen LogP contribution in [0.2, 0.25) is 10.0 Å². The molecule has 25 heavy (non-hydrogen) atoms. The van der Waals surface area contributed by atoms with Crippen molar-refractivity contribution in [3.05, 3.63) is 68.6 Å². The molecule has 1 aromatic rings. The third-order valence-electron chi connectivity index (χ3n) is 3.93. The number of benzene rings is 2. The number of aromatic nitrogens is 1. The highest BCUT2D eigenvalue weighted by atomic mass is 35.5. The van der Waals surface area contributed by atoms with E-state index < -0.39 is 5.97 Å². The Kier molecular flexibility index (Phi) is 4.84. The lowest BCUT2D eigenvalue weighted by molar-refractivity contribution is 0.0515. The number of aryl methyl sites for hydroxylation is 1. The maximum absolute atomic E-state index is 12.6. The Hall–Kier alpha value is -2.30. The lowest BCUT2D eigenvalue weighted by Gasteiger charge is -2.20. The first-order valence-electron chi connectivity index (χ1n) is 7.69. The fourth-order valence-corrected chi connectivity index (χ4v) is 3.21. The van der Waals surface area contributed by atoms with Gasteiger partial charge in [-0.1, -0.05) is 53.5 Å². The number of ether oxygens (including phenoxy) is 1. The summed E-state index contributed by atoms with van der Waals surface area (Å²) in [7, 11) is 1.69. The number of hydrogen-bond acceptors (Lipinski definition) is 3. The fraction of sp³-hybridized carbons (Fsp3) is 0.158. The van der Waals surface area contributed by atoms with Crippen LogP contribution in [0.15, 0.2) is 47.4 Å². The van der Waals surface area contributed by atoms with E-state index >= 15 is 0 Å². The van der Waals surface area contributed by atoms with E-state index in [0.717, 1.165) is 5.56 Å². The van der Waals surface area contributed by atoms with Gasteiger partial charge in [0.15, 0.2) is 0 Å². The number of hydrogen-bond donors (Lipinski definition) is 0. The third kappa shape index (κ3) is 3.03. The van der Waals surface area contributed by atoms with E-state index in [-0.39, 0.29) is 22.1 Å². The molecule has 128 valence electrons. The van der Waals surface area contributed by atoms with Crippen LogP contribution < -0.4 is 5.43 Å². The van der Waals surface area contributed by atoms with Crippen LogP contribution >= 0.6 is 23.2 Å². The maximum atomic E-state index is 12.6. The van der Waals surface area contributed by atoms with E-state index in [9.17, 15) is 9.59 Å². The summed E-state index contributed by atoms with van der Waals surface area (Å²) in [6, 6.07) is 10.9. The molecule has 1 aliphatic carbocycles. The van der Waals surface area contributed by atoms with Gasteiger partial charge in [-0.05, 0) is 24.1 Å². The zero-order chi connectivity index (χ0) is 18.1. The summed E-state index contributed by atoms with van der Waals surface area (Å²) in [6.07, 6.45) is 1.58. The Morgan fingerprint density at radius 2 is 1.84 bits per heavy atom. The Labute approximate surface area is 154 Å². The number of esters is 1. The van der Waals surface area contributed by atoms with Crippen LogP contribution in [-0.2, 0) is 11.8 Å². The quantitative estimate of drug-likeness (QED) is 0.626. The van der Waals surface area contributed by atoms with E-state index in [2.05, 4.69) is 0 Å². The fourth-order valence-electron chi connectivity index (χ4n) is 2.86. The minimum Gasteiger partial charge on any atom is -0.461 e. The Morgan fingerprint density at radius 1 is 1.16 bits per heavy atom. The molecule has 1 heterocycles. The summed E-state index contributed by atoms with van der Waals surface area (Å²) in [6.45, 7) is 1.99. The highest BCUT2D eigenvalue weighted by molar-refractivity contribution is 6.42. The Bertz CT molecular complexity index is 980. The number of fused-ring (bicyclic) bond motifs is 1. The summed E-state index contributed by atoms with van der Waals surface area (Å²) in [4.78, 5) is 25.1. The molecule has 0 fully saturated rings. The van der Waals surface area contributed by atoms with Gasteiger partial charge in [0.05, 0.1) is 11.6 Å². The molecule has 0 saturated heterocycles. The van der Waals surface area contributed by atoms with Crippen LogP contribution in [0, 0.1) is 0 Å². The van der Waals surface area contributed by atoms with Gasteiger partial charge in [0.1, 0.15) is 10.7 Å². The number of carbonyl (C=O) groups is 1. The van der Waals surface area contributed by atoms with Crippen molar-refractivity contribution in [2.45, 2.75) is 6.92 Å². The standard InChI is InChI=1S/C19H15Cl2NO3/c1-3-25-19(24)17-15(11-7-5-4-6-8-11)12-9-14(20)16(21)18(23)13(12)10-22(17)2/h4-10H,3H2,1-2H3. The second-order valence-corrected chi connectivity index (χ2v) is 6.30. The molecule has 4 nitrogen and oxygen atoms in total. The monoisotopic (exact) mass is 375 g/mol. The minimum absolute atomic E-state index is 0.0305. The van der Waals surface area contributed by atoms with Crippen molar-refractivity contribution >= 4 is 29.2 Å². The second-order valence-electron chi connectivity index (χ2n) is 5.51. The van der Waals surface area contributed by atoms with Gasteiger partial charge in [-0.25, -0.2) is 4.79 Å². The predicted molar refractivity (Wildman–Crippen MR) is 99.7 cm³/mol. The van der Waals surface area contributed by atoms with E-state index in [1.165, 1.54) is 0 Å². The first kappa shape index (κ1) is 17.5. The van der Waals surface area contributed by atoms with Crippen LogP contribution in [0.5, 0.6) is 0 Å². The number of nitrogens with zero attached hydrogens (tertiary/aromatic N) is 1. The van der Waals surface area contributed by atoms with Gasteiger partial charge in [0.2, 0.25) is 5.43 Å². The average molecular weight is 376 g/mol. The largest absolute Gasteiger partial charge is 0.461 e. The second kappa shape index (κ2) is 6.90. The molecule has 0 aromatic heterocycles. The zero-order valence-electron chi connectivity index (χ0n) is 13.7. The van der Waals surface area contributed by atoms with Crippen molar-refractivity contribution in [2.24, 2.45) is 7.05 Å². The van der Waals surface area contributed by atoms with E-state index in [4.69, 9.17) is 27.9 Å². The van der Waals surface area contributed by atoms with Crippen LogP contribution in [0.25, 0.3) is 22.3 Å². The third-order valence-corrected chi connectivity index (χ3v) is 4.70. The van der Waals surface area contributed by atoms with Gasteiger partial charge in [0, 0.05) is 24.4 Å². The first-order valence-corrected chi connectivity index (χ1v) is 8.45. The van der Waals surface area contributed by atoms with Gasteiger partial charge in [0.25, 0.3) is 0 Å². The Morgan fingerprint density at radius 3 is 2.48 bits per heavy atom. The molecular formula is C19H15Cl2NO3. The maximum Gasteiger partial charge on any atom is 0.355 e. The Balaban J connectivity index is 2.48. The van der Waals surface area contributed by atoms with Crippen LogP contribution in [0.3, 0.4) is 0 Å². The molecule has 1 aromatic carbocycles. The van der Waals surface area contributed by atoms with Crippen molar-refractivity contribution in [1.29, 1.82) is 0 Å². The molecule has 3 rings (SSSR count). The lowest BCUT2D eigenvalue weighted by atomic mass is 9.92. The molecule has 0 radical (unpaired) electrons. The summed E-state index contributed by atoms with van der Waals surface area (Å²) >= 11 is 12.1. The minimum atomic E-state index is -0.468. The molecule has 0 bridgehead atoms. The highest BCUT2D eigenvalue weighted by Crippen LogP contribution is 2.38.